The highest BCUT2D eigenvalue weighted by molar-refractivity contribution is 5.76. The minimum Gasteiger partial charge on any atom is -0.332 e. The van der Waals surface area contributed by atoms with E-state index in [0.717, 1.165) is 11.0 Å². The van der Waals surface area contributed by atoms with Crippen LogP contribution in [0.25, 0.3) is 11.0 Å². The number of hydrogen-bond acceptors (Lipinski definition) is 2. The molecule has 3 heteroatoms. The van der Waals surface area contributed by atoms with Gasteiger partial charge in [0.05, 0.1) is 0 Å². The van der Waals surface area contributed by atoms with Gasteiger partial charge in [-0.25, -0.2) is 9.97 Å². The van der Waals surface area contributed by atoms with Gasteiger partial charge in [-0.05, 0) is 12.0 Å². The molecular weight excluding hydrogens is 162 g/mol. The molecule has 0 aliphatic rings. The Balaban J connectivity index is 2.74. The Labute approximate surface area is 77.4 Å². The third-order valence-electron chi connectivity index (χ3n) is 2.32. The molecular formula is C10H13N3. The molecule has 0 unspecified atom stereocenters. The summed E-state index contributed by atoms with van der Waals surface area (Å²) in [6.45, 7) is 4.36. The zero-order valence-electron chi connectivity index (χ0n) is 8.15. The second-order valence-corrected chi connectivity index (χ2v) is 3.58. The minimum absolute atomic E-state index is 0.527. The lowest BCUT2D eigenvalue weighted by Crippen LogP contribution is -1.98. The number of aromatic nitrogens is 3. The Morgan fingerprint density at radius 1 is 1.38 bits per heavy atom. The van der Waals surface area contributed by atoms with E-state index in [4.69, 9.17) is 0 Å². The maximum absolute atomic E-state index is 4.24. The smallest absolute Gasteiger partial charge is 0.143 e. The van der Waals surface area contributed by atoms with Crippen molar-refractivity contribution in [2.24, 2.45) is 7.05 Å². The highest BCUT2D eigenvalue weighted by Crippen LogP contribution is 2.21. The Kier molecular flexibility index (Phi) is 1.79. The van der Waals surface area contributed by atoms with Crippen molar-refractivity contribution in [2.75, 3.05) is 0 Å². The zero-order chi connectivity index (χ0) is 9.42. The molecule has 2 rings (SSSR count). The van der Waals surface area contributed by atoms with Gasteiger partial charge in [0.2, 0.25) is 0 Å². The first-order chi connectivity index (χ1) is 6.20. The Morgan fingerprint density at radius 2 is 2.15 bits per heavy atom. The molecule has 68 valence electrons. The van der Waals surface area contributed by atoms with Crippen LogP contribution in [0.5, 0.6) is 0 Å². The number of nitrogens with zero attached hydrogens (tertiary/aromatic N) is 3. The van der Waals surface area contributed by atoms with Gasteiger partial charge in [0.1, 0.15) is 12.0 Å². The fourth-order valence-electron chi connectivity index (χ4n) is 1.65. The second kappa shape index (κ2) is 2.83. The maximum Gasteiger partial charge on any atom is 0.143 e. The molecule has 0 amide bonds. The van der Waals surface area contributed by atoms with Gasteiger partial charge in [-0.15, -0.1) is 0 Å². The summed E-state index contributed by atoms with van der Waals surface area (Å²) in [6, 6.07) is 2.15. The van der Waals surface area contributed by atoms with Gasteiger partial charge >= 0.3 is 0 Å². The quantitative estimate of drug-likeness (QED) is 0.664. The first-order valence-corrected chi connectivity index (χ1v) is 4.45. The third-order valence-corrected chi connectivity index (χ3v) is 2.32. The minimum atomic E-state index is 0.527. The van der Waals surface area contributed by atoms with E-state index >= 15 is 0 Å². The molecule has 2 heterocycles. The molecule has 0 saturated carbocycles. The molecule has 0 fully saturated rings. The largest absolute Gasteiger partial charge is 0.332 e. The zero-order valence-corrected chi connectivity index (χ0v) is 8.15. The SMILES string of the molecule is CC(C)c1cc2cncnc2n1C. The molecule has 13 heavy (non-hydrogen) atoms. The lowest BCUT2D eigenvalue weighted by molar-refractivity contribution is 0.750. The van der Waals surface area contributed by atoms with E-state index in [2.05, 4.69) is 34.4 Å². The summed E-state index contributed by atoms with van der Waals surface area (Å²) >= 11 is 0. The molecule has 0 bridgehead atoms. The normalized spacial score (nSPS) is 11.4. The van der Waals surface area contributed by atoms with Crippen LogP contribution in [-0.2, 0) is 7.05 Å². The van der Waals surface area contributed by atoms with Gasteiger partial charge in [-0.3, -0.25) is 0 Å². The van der Waals surface area contributed by atoms with Crippen molar-refractivity contribution in [3.8, 4) is 0 Å². The molecule has 3 nitrogen and oxygen atoms in total. The van der Waals surface area contributed by atoms with Crippen LogP contribution in [-0.4, -0.2) is 14.5 Å². The van der Waals surface area contributed by atoms with Crippen molar-refractivity contribution >= 4 is 11.0 Å². The van der Waals surface area contributed by atoms with Gasteiger partial charge in [0, 0.05) is 24.3 Å². The standard InChI is InChI=1S/C10H13N3/c1-7(2)9-4-8-5-11-6-12-10(8)13(9)3/h4-7H,1-3H3. The molecule has 0 spiro atoms. The van der Waals surface area contributed by atoms with Crippen molar-refractivity contribution < 1.29 is 0 Å². The fourth-order valence-corrected chi connectivity index (χ4v) is 1.65. The van der Waals surface area contributed by atoms with E-state index in [0.29, 0.717) is 5.92 Å². The van der Waals surface area contributed by atoms with Gasteiger partial charge in [0.15, 0.2) is 0 Å². The van der Waals surface area contributed by atoms with E-state index < -0.39 is 0 Å². The van der Waals surface area contributed by atoms with Crippen LogP contribution in [0.4, 0.5) is 0 Å². The summed E-state index contributed by atoms with van der Waals surface area (Å²) in [5.41, 5.74) is 2.31. The average molecular weight is 175 g/mol. The average Bonchev–Trinajstić information content (AvgIpc) is 2.45. The first-order valence-electron chi connectivity index (χ1n) is 4.45. The van der Waals surface area contributed by atoms with Crippen molar-refractivity contribution in [3.05, 3.63) is 24.3 Å². The van der Waals surface area contributed by atoms with E-state index in [1.165, 1.54) is 5.69 Å². The first kappa shape index (κ1) is 8.23. The summed E-state index contributed by atoms with van der Waals surface area (Å²) in [4.78, 5) is 8.24. The second-order valence-electron chi connectivity index (χ2n) is 3.58. The Morgan fingerprint density at radius 3 is 2.77 bits per heavy atom. The number of aryl methyl sites for hydroxylation is 1. The van der Waals surface area contributed by atoms with E-state index in [1.54, 1.807) is 6.33 Å². The van der Waals surface area contributed by atoms with Crippen LogP contribution in [0.1, 0.15) is 25.5 Å². The molecule has 0 saturated heterocycles. The van der Waals surface area contributed by atoms with Crippen LogP contribution in [0.3, 0.4) is 0 Å². The molecule has 0 aliphatic heterocycles. The number of fused-ring (bicyclic) bond motifs is 1. The van der Waals surface area contributed by atoms with Gasteiger partial charge in [-0.1, -0.05) is 13.8 Å². The molecule has 2 aromatic rings. The van der Waals surface area contributed by atoms with Crippen molar-refractivity contribution in [1.82, 2.24) is 14.5 Å². The highest BCUT2D eigenvalue weighted by atomic mass is 15.0. The number of rotatable bonds is 1. The molecule has 0 atom stereocenters. The molecule has 0 aliphatic carbocycles. The van der Waals surface area contributed by atoms with Crippen LogP contribution < -0.4 is 0 Å². The van der Waals surface area contributed by atoms with E-state index in [9.17, 15) is 0 Å². The van der Waals surface area contributed by atoms with Crippen LogP contribution in [0.2, 0.25) is 0 Å². The summed E-state index contributed by atoms with van der Waals surface area (Å²) in [6.07, 6.45) is 3.45. The van der Waals surface area contributed by atoms with Crippen molar-refractivity contribution in [2.45, 2.75) is 19.8 Å². The summed E-state index contributed by atoms with van der Waals surface area (Å²) in [5.74, 6) is 0.527. The Bertz CT molecular complexity index is 429. The topological polar surface area (TPSA) is 30.7 Å². The van der Waals surface area contributed by atoms with Crippen molar-refractivity contribution in [3.63, 3.8) is 0 Å². The summed E-state index contributed by atoms with van der Waals surface area (Å²) in [5, 5.41) is 1.12. The molecule has 2 aromatic heterocycles. The Hall–Kier alpha value is -1.38. The van der Waals surface area contributed by atoms with E-state index in [-0.39, 0.29) is 0 Å². The predicted octanol–water partition coefficient (Wildman–Crippen LogP) is 2.09. The molecule has 0 N–H and O–H groups in total. The number of hydrogen-bond donors (Lipinski definition) is 0. The summed E-state index contributed by atoms with van der Waals surface area (Å²) < 4.78 is 2.13. The monoisotopic (exact) mass is 175 g/mol. The van der Waals surface area contributed by atoms with Crippen LogP contribution in [0, 0.1) is 0 Å². The van der Waals surface area contributed by atoms with Gasteiger partial charge < -0.3 is 4.57 Å². The molecule has 0 aromatic carbocycles. The lowest BCUT2D eigenvalue weighted by Gasteiger charge is -2.05. The highest BCUT2D eigenvalue weighted by Gasteiger charge is 2.08. The maximum atomic E-state index is 4.24. The van der Waals surface area contributed by atoms with Gasteiger partial charge in [0.25, 0.3) is 0 Å². The third kappa shape index (κ3) is 1.20. The predicted molar refractivity (Wildman–Crippen MR) is 52.6 cm³/mol. The summed E-state index contributed by atoms with van der Waals surface area (Å²) in [7, 11) is 2.05. The van der Waals surface area contributed by atoms with Crippen LogP contribution in [0.15, 0.2) is 18.6 Å². The van der Waals surface area contributed by atoms with Gasteiger partial charge in [-0.2, -0.15) is 0 Å². The lowest BCUT2D eigenvalue weighted by atomic mass is 10.1. The fraction of sp³-hybridized carbons (Fsp3) is 0.400. The van der Waals surface area contributed by atoms with Crippen molar-refractivity contribution in [1.29, 1.82) is 0 Å². The van der Waals surface area contributed by atoms with Crippen LogP contribution >= 0.6 is 0 Å². The van der Waals surface area contributed by atoms with E-state index in [1.807, 2.05) is 13.2 Å². The molecule has 0 radical (unpaired) electrons.